The summed E-state index contributed by atoms with van der Waals surface area (Å²) in [5.41, 5.74) is 0. The second-order valence-corrected chi connectivity index (χ2v) is 3.54. The number of carbonyl (C=O) groups excluding carboxylic acids is 1. The van der Waals surface area contributed by atoms with Crippen molar-refractivity contribution in [3.63, 3.8) is 0 Å². The highest BCUT2D eigenvalue weighted by Crippen LogP contribution is 2.18. The predicted molar refractivity (Wildman–Crippen MR) is 47.5 cm³/mol. The number of rotatable bonds is 4. The minimum atomic E-state index is -1.30. The molecule has 1 heterocycles. The Labute approximate surface area is 77.5 Å². The molecule has 1 aliphatic rings. The van der Waals surface area contributed by atoms with Gasteiger partial charge in [-0.15, -0.1) is 0 Å². The van der Waals surface area contributed by atoms with E-state index in [1.54, 1.807) is 0 Å². The van der Waals surface area contributed by atoms with E-state index < -0.39 is 11.8 Å². The van der Waals surface area contributed by atoms with E-state index in [0.717, 1.165) is 19.4 Å². The van der Waals surface area contributed by atoms with Gasteiger partial charge in [0.1, 0.15) is 0 Å². The van der Waals surface area contributed by atoms with Crippen LogP contribution in [0.25, 0.3) is 0 Å². The van der Waals surface area contributed by atoms with Crippen molar-refractivity contribution in [3.05, 3.63) is 0 Å². The summed E-state index contributed by atoms with van der Waals surface area (Å²) in [6.45, 7) is 1.06. The fourth-order valence-corrected chi connectivity index (χ4v) is 1.75. The van der Waals surface area contributed by atoms with Gasteiger partial charge in [0.15, 0.2) is 0 Å². The van der Waals surface area contributed by atoms with Gasteiger partial charge in [-0.05, 0) is 32.9 Å². The maximum absolute atomic E-state index is 10.8. The number of ketones is 1. The van der Waals surface area contributed by atoms with Gasteiger partial charge in [-0.2, -0.15) is 0 Å². The van der Waals surface area contributed by atoms with Crippen molar-refractivity contribution >= 4 is 11.8 Å². The Hall–Kier alpha value is -0.900. The van der Waals surface area contributed by atoms with E-state index in [-0.39, 0.29) is 6.42 Å². The first-order chi connectivity index (χ1) is 6.11. The molecule has 1 saturated heterocycles. The summed E-state index contributed by atoms with van der Waals surface area (Å²) in [5.74, 6) is -1.97. The Morgan fingerprint density at radius 3 is 2.69 bits per heavy atom. The number of Topliss-reactive ketones (excluding diaryl/α,β-unsaturated/α-hetero) is 1. The van der Waals surface area contributed by atoms with Crippen LogP contribution in [0.5, 0.6) is 0 Å². The first kappa shape index (κ1) is 10.2. The number of carboxylic acids is 1. The molecule has 0 radical (unpaired) electrons. The lowest BCUT2D eigenvalue weighted by atomic mass is 10.1. The van der Waals surface area contributed by atoms with Crippen LogP contribution in [0.2, 0.25) is 0 Å². The number of aliphatic carboxylic acids is 1. The molecule has 0 saturated carbocycles. The molecule has 0 aromatic rings. The van der Waals surface area contributed by atoms with Crippen LogP contribution >= 0.6 is 0 Å². The highest BCUT2D eigenvalue weighted by molar-refractivity contribution is 6.32. The van der Waals surface area contributed by atoms with Crippen LogP contribution < -0.4 is 0 Å². The molecule has 0 spiro atoms. The zero-order valence-corrected chi connectivity index (χ0v) is 7.82. The monoisotopic (exact) mass is 185 g/mol. The molecule has 1 atom stereocenters. The molecule has 1 unspecified atom stereocenters. The van der Waals surface area contributed by atoms with Crippen molar-refractivity contribution in [2.45, 2.75) is 31.7 Å². The lowest BCUT2D eigenvalue weighted by Gasteiger charge is -2.17. The highest BCUT2D eigenvalue weighted by atomic mass is 16.4. The molecule has 4 nitrogen and oxygen atoms in total. The SMILES string of the molecule is CN1CCCC1CCC(=O)C(=O)O. The highest BCUT2D eigenvalue weighted by Gasteiger charge is 2.22. The number of likely N-dealkylation sites (tertiary alicyclic amines) is 1. The molecular formula is C9H15NO3. The number of hydrogen-bond donors (Lipinski definition) is 1. The van der Waals surface area contributed by atoms with Gasteiger partial charge in [-0.3, -0.25) is 4.79 Å². The van der Waals surface area contributed by atoms with Crippen LogP contribution in [0.15, 0.2) is 0 Å². The Morgan fingerprint density at radius 1 is 1.54 bits per heavy atom. The Morgan fingerprint density at radius 2 is 2.23 bits per heavy atom. The van der Waals surface area contributed by atoms with Gasteiger partial charge >= 0.3 is 5.97 Å². The molecule has 0 aromatic carbocycles. The summed E-state index contributed by atoms with van der Waals surface area (Å²) in [6.07, 6.45) is 3.10. The van der Waals surface area contributed by atoms with Crippen LogP contribution in [0.4, 0.5) is 0 Å². The van der Waals surface area contributed by atoms with Crippen LogP contribution in [0.3, 0.4) is 0 Å². The van der Waals surface area contributed by atoms with Crippen LogP contribution in [-0.2, 0) is 9.59 Å². The standard InChI is InChI=1S/C9H15NO3/c1-10-6-2-3-7(10)4-5-8(11)9(12)13/h7H,2-6H2,1H3,(H,12,13). The lowest BCUT2D eigenvalue weighted by Crippen LogP contribution is -2.26. The fraction of sp³-hybridized carbons (Fsp3) is 0.778. The third kappa shape index (κ3) is 2.81. The summed E-state index contributed by atoms with van der Waals surface area (Å²) in [7, 11) is 2.02. The van der Waals surface area contributed by atoms with Gasteiger partial charge < -0.3 is 10.0 Å². The molecule has 1 rings (SSSR count). The van der Waals surface area contributed by atoms with Gasteiger partial charge in [0.05, 0.1) is 0 Å². The van der Waals surface area contributed by atoms with E-state index in [9.17, 15) is 9.59 Å². The average Bonchev–Trinajstić information content (AvgIpc) is 2.47. The second kappa shape index (κ2) is 4.37. The summed E-state index contributed by atoms with van der Waals surface area (Å²) < 4.78 is 0. The molecule has 0 aromatic heterocycles. The van der Waals surface area contributed by atoms with Crippen molar-refractivity contribution < 1.29 is 14.7 Å². The van der Waals surface area contributed by atoms with E-state index >= 15 is 0 Å². The van der Waals surface area contributed by atoms with Gasteiger partial charge in [0.2, 0.25) is 5.78 Å². The summed E-state index contributed by atoms with van der Waals surface area (Å²) >= 11 is 0. The van der Waals surface area contributed by atoms with Crippen LogP contribution in [0, 0.1) is 0 Å². The third-order valence-corrected chi connectivity index (χ3v) is 2.61. The van der Waals surface area contributed by atoms with Gasteiger partial charge in [-0.1, -0.05) is 0 Å². The van der Waals surface area contributed by atoms with E-state index in [0.29, 0.717) is 12.5 Å². The van der Waals surface area contributed by atoms with Crippen molar-refractivity contribution in [2.24, 2.45) is 0 Å². The Bertz CT molecular complexity index is 215. The van der Waals surface area contributed by atoms with Crippen LogP contribution in [-0.4, -0.2) is 41.4 Å². The summed E-state index contributed by atoms with van der Waals surface area (Å²) in [5, 5.41) is 8.36. The van der Waals surface area contributed by atoms with Crippen molar-refractivity contribution in [1.29, 1.82) is 0 Å². The number of nitrogens with zero attached hydrogens (tertiary/aromatic N) is 1. The molecule has 0 aliphatic carbocycles. The van der Waals surface area contributed by atoms with Crippen LogP contribution in [0.1, 0.15) is 25.7 Å². The van der Waals surface area contributed by atoms with E-state index in [4.69, 9.17) is 5.11 Å². The van der Waals surface area contributed by atoms with Crippen molar-refractivity contribution in [2.75, 3.05) is 13.6 Å². The Kier molecular flexibility index (Phi) is 3.42. The zero-order valence-electron chi connectivity index (χ0n) is 7.82. The van der Waals surface area contributed by atoms with Gasteiger partial charge in [-0.25, -0.2) is 4.79 Å². The molecule has 1 aliphatic heterocycles. The molecule has 74 valence electrons. The molecule has 0 bridgehead atoms. The molecule has 13 heavy (non-hydrogen) atoms. The Balaban J connectivity index is 2.26. The quantitative estimate of drug-likeness (QED) is 0.648. The molecule has 4 heteroatoms. The maximum Gasteiger partial charge on any atom is 0.372 e. The minimum absolute atomic E-state index is 0.171. The maximum atomic E-state index is 10.8. The van der Waals surface area contributed by atoms with E-state index in [2.05, 4.69) is 4.90 Å². The van der Waals surface area contributed by atoms with E-state index in [1.807, 2.05) is 7.05 Å². The van der Waals surface area contributed by atoms with Crippen molar-refractivity contribution in [1.82, 2.24) is 4.90 Å². The summed E-state index contributed by atoms with van der Waals surface area (Å²) in [4.78, 5) is 23.2. The first-order valence-electron chi connectivity index (χ1n) is 4.57. The normalized spacial score (nSPS) is 23.3. The average molecular weight is 185 g/mol. The zero-order chi connectivity index (χ0) is 9.84. The molecule has 1 fully saturated rings. The number of carbonyl (C=O) groups is 2. The summed E-state index contributed by atoms with van der Waals surface area (Å²) in [6, 6.07) is 0.406. The molecule has 0 amide bonds. The van der Waals surface area contributed by atoms with Crippen molar-refractivity contribution in [3.8, 4) is 0 Å². The first-order valence-corrected chi connectivity index (χ1v) is 4.57. The third-order valence-electron chi connectivity index (χ3n) is 2.61. The number of carboxylic acid groups (broad SMARTS) is 1. The minimum Gasteiger partial charge on any atom is -0.476 e. The van der Waals surface area contributed by atoms with Gasteiger partial charge in [0.25, 0.3) is 0 Å². The number of hydrogen-bond acceptors (Lipinski definition) is 3. The fourth-order valence-electron chi connectivity index (χ4n) is 1.75. The topological polar surface area (TPSA) is 57.6 Å². The van der Waals surface area contributed by atoms with Gasteiger partial charge in [0, 0.05) is 12.5 Å². The molecular weight excluding hydrogens is 170 g/mol. The predicted octanol–water partition coefficient (Wildman–Crippen LogP) is 0.514. The largest absolute Gasteiger partial charge is 0.476 e. The second-order valence-electron chi connectivity index (χ2n) is 3.54. The van der Waals surface area contributed by atoms with E-state index in [1.165, 1.54) is 0 Å². The smallest absolute Gasteiger partial charge is 0.372 e. The molecule has 1 N–H and O–H groups in total. The lowest BCUT2D eigenvalue weighted by molar-refractivity contribution is -0.149.